The topological polar surface area (TPSA) is 31.9 Å². The van der Waals surface area contributed by atoms with Crippen LogP contribution in [0.15, 0.2) is 54.9 Å². The molecule has 1 N–H and O–H groups in total. The number of anilines is 1. The molecule has 0 saturated heterocycles. The van der Waals surface area contributed by atoms with Gasteiger partial charge in [0.15, 0.2) is 0 Å². The fourth-order valence-corrected chi connectivity index (χ4v) is 3.98. The Labute approximate surface area is 150 Å². The van der Waals surface area contributed by atoms with Crippen molar-refractivity contribution < 1.29 is 0 Å². The number of hydrogen-bond acceptors (Lipinski definition) is 2. The smallest absolute Gasteiger partial charge is 0.0901 e. The normalized spacial score (nSPS) is 18.4. The summed E-state index contributed by atoms with van der Waals surface area (Å²) in [4.78, 5) is 2.18. The van der Waals surface area contributed by atoms with Gasteiger partial charge in [-0.2, -0.15) is 5.10 Å². The number of nitrogens with zero attached hydrogens (tertiary/aromatic N) is 2. The molecule has 0 unspecified atom stereocenters. The Hall–Kier alpha value is -2.29. The van der Waals surface area contributed by atoms with Crippen LogP contribution in [0.1, 0.15) is 56.3 Å². The van der Waals surface area contributed by atoms with E-state index >= 15 is 0 Å². The van der Waals surface area contributed by atoms with Crippen molar-refractivity contribution in [1.82, 2.24) is 10.2 Å². The van der Waals surface area contributed by atoms with Gasteiger partial charge in [-0.1, -0.05) is 56.4 Å². The number of aryl methyl sites for hydroxylation is 1. The summed E-state index contributed by atoms with van der Waals surface area (Å²) >= 11 is 0. The minimum atomic E-state index is 0.922. The van der Waals surface area contributed by atoms with E-state index in [-0.39, 0.29) is 0 Å². The number of nitrogens with one attached hydrogen (secondary N) is 1. The molecule has 0 spiro atoms. The van der Waals surface area contributed by atoms with Gasteiger partial charge in [-0.25, -0.2) is 0 Å². The molecule has 2 aliphatic rings. The van der Waals surface area contributed by atoms with Gasteiger partial charge in [-0.15, -0.1) is 0 Å². The van der Waals surface area contributed by atoms with E-state index in [9.17, 15) is 0 Å². The maximum absolute atomic E-state index is 4.58. The van der Waals surface area contributed by atoms with Crippen molar-refractivity contribution in [1.29, 1.82) is 0 Å². The molecule has 1 fully saturated rings. The second-order valence-corrected chi connectivity index (χ2v) is 7.31. The van der Waals surface area contributed by atoms with Crippen LogP contribution in [0.3, 0.4) is 0 Å². The van der Waals surface area contributed by atoms with E-state index in [1.165, 1.54) is 55.5 Å². The third-order valence-electron chi connectivity index (χ3n) is 5.46. The third kappa shape index (κ3) is 4.04. The van der Waals surface area contributed by atoms with Crippen LogP contribution in [-0.4, -0.2) is 10.2 Å². The average molecular weight is 333 g/mol. The standard InChI is InChI=1S/C22H27N3/c1-3-8-18(9-4-1)13-14-20-16-22(24-23-20)19-10-7-15-25(17-19)21-11-5-2-6-12-21/h2,5-7,11-12,15-18H,1,3-4,8-10,13-14H2,(H,23,24). The number of aromatic nitrogens is 2. The maximum Gasteiger partial charge on any atom is 0.0901 e. The van der Waals surface area contributed by atoms with Gasteiger partial charge in [-0.05, 0) is 43.4 Å². The van der Waals surface area contributed by atoms with Crippen LogP contribution in [0.2, 0.25) is 0 Å². The molecular weight excluding hydrogens is 306 g/mol. The van der Waals surface area contributed by atoms with E-state index in [0.717, 1.165) is 24.5 Å². The highest BCUT2D eigenvalue weighted by molar-refractivity contribution is 5.71. The number of H-pyrrole nitrogens is 1. The highest BCUT2D eigenvalue weighted by atomic mass is 15.1. The molecule has 1 aromatic carbocycles. The van der Waals surface area contributed by atoms with Crippen molar-refractivity contribution in [2.45, 2.75) is 51.4 Å². The fraction of sp³-hybridized carbons (Fsp3) is 0.409. The zero-order valence-corrected chi connectivity index (χ0v) is 14.8. The van der Waals surface area contributed by atoms with E-state index in [2.05, 4.69) is 63.9 Å². The van der Waals surface area contributed by atoms with Crippen molar-refractivity contribution in [3.8, 4) is 0 Å². The van der Waals surface area contributed by atoms with Gasteiger partial charge < -0.3 is 4.90 Å². The summed E-state index contributed by atoms with van der Waals surface area (Å²) in [6, 6.07) is 12.7. The zero-order valence-electron chi connectivity index (χ0n) is 14.8. The Bertz CT molecular complexity index is 736. The molecule has 1 aromatic heterocycles. The molecular formula is C22H27N3. The summed E-state index contributed by atoms with van der Waals surface area (Å²) < 4.78 is 0. The van der Waals surface area contributed by atoms with Gasteiger partial charge in [0.2, 0.25) is 0 Å². The first-order valence-corrected chi connectivity index (χ1v) is 9.64. The summed E-state index contributed by atoms with van der Waals surface area (Å²) in [5, 5.41) is 7.84. The molecule has 3 heteroatoms. The molecule has 0 radical (unpaired) electrons. The lowest BCUT2D eigenvalue weighted by Crippen LogP contribution is -2.11. The summed E-state index contributed by atoms with van der Waals surface area (Å²) in [6.07, 6.45) is 17.0. The van der Waals surface area contributed by atoms with E-state index in [1.54, 1.807) is 0 Å². The quantitative estimate of drug-likeness (QED) is 0.762. The average Bonchev–Trinajstić information content (AvgIpc) is 3.17. The molecule has 4 rings (SSSR count). The zero-order chi connectivity index (χ0) is 16.9. The highest BCUT2D eigenvalue weighted by Crippen LogP contribution is 2.29. The van der Waals surface area contributed by atoms with Crippen molar-refractivity contribution in [3.05, 3.63) is 66.3 Å². The van der Waals surface area contributed by atoms with Gasteiger partial charge in [0, 0.05) is 29.4 Å². The van der Waals surface area contributed by atoms with Crippen LogP contribution in [-0.2, 0) is 6.42 Å². The van der Waals surface area contributed by atoms with Gasteiger partial charge >= 0.3 is 0 Å². The SMILES string of the molecule is C1=CN(c2ccccc2)C=C(c2cc(CCC3CCCCC3)[nH]n2)C1. The van der Waals surface area contributed by atoms with Crippen LogP contribution in [0, 0.1) is 5.92 Å². The summed E-state index contributed by atoms with van der Waals surface area (Å²) in [5.41, 5.74) is 4.82. The van der Waals surface area contributed by atoms with Gasteiger partial charge in [0.1, 0.15) is 0 Å². The largest absolute Gasteiger partial charge is 0.324 e. The van der Waals surface area contributed by atoms with Crippen LogP contribution in [0.5, 0.6) is 0 Å². The molecule has 3 nitrogen and oxygen atoms in total. The molecule has 2 aromatic rings. The Morgan fingerprint density at radius 2 is 1.92 bits per heavy atom. The predicted octanol–water partition coefficient (Wildman–Crippen LogP) is 5.69. The second kappa shape index (κ2) is 7.73. The lowest BCUT2D eigenvalue weighted by Gasteiger charge is -2.21. The lowest BCUT2D eigenvalue weighted by atomic mass is 9.86. The summed E-state index contributed by atoms with van der Waals surface area (Å²) in [6.45, 7) is 0. The molecule has 0 bridgehead atoms. The first-order chi connectivity index (χ1) is 12.4. The van der Waals surface area contributed by atoms with Crippen LogP contribution < -0.4 is 4.90 Å². The van der Waals surface area contributed by atoms with Gasteiger partial charge in [0.25, 0.3) is 0 Å². The fourth-order valence-electron chi connectivity index (χ4n) is 3.98. The van der Waals surface area contributed by atoms with Crippen molar-refractivity contribution in [2.24, 2.45) is 5.92 Å². The third-order valence-corrected chi connectivity index (χ3v) is 5.46. The minimum Gasteiger partial charge on any atom is -0.324 e. The van der Waals surface area contributed by atoms with Crippen LogP contribution >= 0.6 is 0 Å². The monoisotopic (exact) mass is 333 g/mol. The molecule has 25 heavy (non-hydrogen) atoms. The molecule has 0 amide bonds. The van der Waals surface area contributed by atoms with E-state index in [0.29, 0.717) is 0 Å². The first kappa shape index (κ1) is 16.2. The molecule has 0 atom stereocenters. The van der Waals surface area contributed by atoms with E-state index in [1.807, 2.05) is 6.07 Å². The Kier molecular flexibility index (Phi) is 5.01. The number of hydrogen-bond donors (Lipinski definition) is 1. The predicted molar refractivity (Wildman–Crippen MR) is 104 cm³/mol. The molecule has 1 aliphatic heterocycles. The van der Waals surface area contributed by atoms with Crippen molar-refractivity contribution in [2.75, 3.05) is 4.90 Å². The highest BCUT2D eigenvalue weighted by Gasteiger charge is 2.15. The second-order valence-electron chi connectivity index (χ2n) is 7.31. The van der Waals surface area contributed by atoms with E-state index < -0.39 is 0 Å². The van der Waals surface area contributed by atoms with Crippen LogP contribution in [0.4, 0.5) is 5.69 Å². The Balaban J connectivity index is 1.41. The first-order valence-electron chi connectivity index (χ1n) is 9.64. The molecule has 1 saturated carbocycles. The van der Waals surface area contributed by atoms with Gasteiger partial charge in [0.05, 0.1) is 5.69 Å². The summed E-state index contributed by atoms with van der Waals surface area (Å²) in [7, 11) is 0. The van der Waals surface area contributed by atoms with Gasteiger partial charge in [-0.3, -0.25) is 5.10 Å². The van der Waals surface area contributed by atoms with Crippen molar-refractivity contribution in [3.63, 3.8) is 0 Å². The maximum atomic E-state index is 4.58. The number of para-hydroxylation sites is 1. The number of rotatable bonds is 5. The number of benzene rings is 1. The van der Waals surface area contributed by atoms with Crippen LogP contribution in [0.25, 0.3) is 5.57 Å². The molecule has 130 valence electrons. The molecule has 2 heterocycles. The lowest BCUT2D eigenvalue weighted by molar-refractivity contribution is 0.338. The number of aromatic amines is 1. The summed E-state index contributed by atoms with van der Waals surface area (Å²) in [5.74, 6) is 0.922. The molecule has 1 aliphatic carbocycles. The van der Waals surface area contributed by atoms with E-state index in [4.69, 9.17) is 0 Å². The minimum absolute atomic E-state index is 0.922. The van der Waals surface area contributed by atoms with Crippen molar-refractivity contribution >= 4 is 11.3 Å². The Morgan fingerprint density at radius 3 is 2.76 bits per heavy atom. The number of allylic oxidation sites excluding steroid dienone is 2. The Morgan fingerprint density at radius 1 is 1.08 bits per heavy atom.